The van der Waals surface area contributed by atoms with Crippen LogP contribution in [0.3, 0.4) is 0 Å². The molecular formula is C11H11BrN2O3. The van der Waals surface area contributed by atoms with Crippen LogP contribution in [0.1, 0.15) is 12.0 Å². The highest BCUT2D eigenvalue weighted by Gasteiger charge is 2.35. The van der Waals surface area contributed by atoms with Crippen molar-refractivity contribution >= 4 is 33.6 Å². The van der Waals surface area contributed by atoms with Crippen molar-refractivity contribution in [3.63, 3.8) is 0 Å². The van der Waals surface area contributed by atoms with Gasteiger partial charge >= 0.3 is 5.97 Å². The van der Waals surface area contributed by atoms with Gasteiger partial charge in [0.2, 0.25) is 5.91 Å². The molecule has 1 atom stereocenters. The predicted molar refractivity (Wildman–Crippen MR) is 64.8 cm³/mol. The van der Waals surface area contributed by atoms with Crippen molar-refractivity contribution < 1.29 is 14.7 Å². The fraction of sp³-hybridized carbons (Fsp3) is 0.364. The maximum Gasteiger partial charge on any atom is 0.308 e. The first-order valence-corrected chi connectivity index (χ1v) is 5.93. The summed E-state index contributed by atoms with van der Waals surface area (Å²) >= 11 is 3.33. The van der Waals surface area contributed by atoms with Gasteiger partial charge in [0.25, 0.3) is 0 Å². The minimum absolute atomic E-state index is 0.0477. The van der Waals surface area contributed by atoms with E-state index >= 15 is 0 Å². The van der Waals surface area contributed by atoms with E-state index in [2.05, 4.69) is 20.9 Å². The number of pyridine rings is 1. The summed E-state index contributed by atoms with van der Waals surface area (Å²) in [6, 6.07) is 1.77. The average Bonchev–Trinajstić information content (AvgIpc) is 2.65. The molecule has 0 spiro atoms. The van der Waals surface area contributed by atoms with E-state index in [1.807, 2.05) is 6.92 Å². The predicted octanol–water partition coefficient (Wildman–Crippen LogP) is 1.59. The number of amides is 1. The molecule has 0 radical (unpaired) electrons. The second-order valence-electron chi connectivity index (χ2n) is 4.04. The van der Waals surface area contributed by atoms with Crippen LogP contribution < -0.4 is 4.90 Å². The quantitative estimate of drug-likeness (QED) is 0.900. The van der Waals surface area contributed by atoms with Crippen molar-refractivity contribution in [3.05, 3.63) is 22.3 Å². The van der Waals surface area contributed by atoms with Gasteiger partial charge in [0.15, 0.2) is 0 Å². The highest BCUT2D eigenvalue weighted by atomic mass is 79.9. The maximum atomic E-state index is 11.7. The van der Waals surface area contributed by atoms with Gasteiger partial charge < -0.3 is 5.11 Å². The van der Waals surface area contributed by atoms with E-state index in [9.17, 15) is 9.59 Å². The number of aryl methyl sites for hydroxylation is 1. The number of nitrogens with zero attached hydrogens (tertiary/aromatic N) is 2. The van der Waals surface area contributed by atoms with Gasteiger partial charge in [-0.2, -0.15) is 0 Å². The number of halogens is 1. The van der Waals surface area contributed by atoms with Crippen LogP contribution in [0, 0.1) is 12.8 Å². The van der Waals surface area contributed by atoms with Gasteiger partial charge in [-0.15, -0.1) is 0 Å². The highest BCUT2D eigenvalue weighted by molar-refractivity contribution is 9.10. The van der Waals surface area contributed by atoms with Gasteiger partial charge in [0.05, 0.1) is 5.92 Å². The van der Waals surface area contributed by atoms with Gasteiger partial charge in [0, 0.05) is 23.6 Å². The van der Waals surface area contributed by atoms with Crippen molar-refractivity contribution in [3.8, 4) is 0 Å². The van der Waals surface area contributed by atoms with Gasteiger partial charge in [-0.1, -0.05) is 0 Å². The summed E-state index contributed by atoms with van der Waals surface area (Å²) in [7, 11) is 0. The standard InChI is InChI=1S/C11H11BrN2O3/c1-6-2-9(13-4-8(6)12)14-5-7(11(16)17)3-10(14)15/h2,4,7H,3,5H2,1H3,(H,16,17). The minimum Gasteiger partial charge on any atom is -0.481 e. The molecule has 5 nitrogen and oxygen atoms in total. The minimum atomic E-state index is -0.935. The number of carboxylic acids is 1. The first-order chi connectivity index (χ1) is 7.99. The number of hydrogen-bond acceptors (Lipinski definition) is 3. The smallest absolute Gasteiger partial charge is 0.308 e. The molecule has 1 aliphatic rings. The van der Waals surface area contributed by atoms with E-state index in [0.717, 1.165) is 10.0 Å². The normalized spacial score (nSPS) is 19.8. The summed E-state index contributed by atoms with van der Waals surface area (Å²) in [5.41, 5.74) is 0.960. The van der Waals surface area contributed by atoms with Gasteiger partial charge in [-0.05, 0) is 34.5 Å². The summed E-state index contributed by atoms with van der Waals surface area (Å²) in [6.45, 7) is 2.09. The fourth-order valence-electron chi connectivity index (χ4n) is 1.77. The van der Waals surface area contributed by atoms with Crippen molar-refractivity contribution in [1.29, 1.82) is 0 Å². The van der Waals surface area contributed by atoms with Crippen LogP contribution in [0.5, 0.6) is 0 Å². The lowest BCUT2D eigenvalue weighted by Gasteiger charge is -2.15. The Kier molecular flexibility index (Phi) is 3.15. The highest BCUT2D eigenvalue weighted by Crippen LogP contribution is 2.26. The number of anilines is 1. The second-order valence-corrected chi connectivity index (χ2v) is 4.89. The van der Waals surface area contributed by atoms with Crippen LogP contribution in [0.15, 0.2) is 16.7 Å². The zero-order valence-electron chi connectivity index (χ0n) is 9.18. The van der Waals surface area contributed by atoms with E-state index in [0.29, 0.717) is 5.82 Å². The Hall–Kier alpha value is -1.43. The molecule has 90 valence electrons. The monoisotopic (exact) mass is 298 g/mol. The van der Waals surface area contributed by atoms with E-state index in [1.165, 1.54) is 4.90 Å². The summed E-state index contributed by atoms with van der Waals surface area (Å²) in [5, 5.41) is 8.89. The average molecular weight is 299 g/mol. The summed E-state index contributed by atoms with van der Waals surface area (Å²) < 4.78 is 0.864. The molecule has 1 aliphatic heterocycles. The van der Waals surface area contributed by atoms with Crippen LogP contribution in [0.4, 0.5) is 5.82 Å². The number of aromatic nitrogens is 1. The summed E-state index contributed by atoms with van der Waals surface area (Å²) in [6.07, 6.45) is 1.66. The number of aliphatic carboxylic acids is 1. The molecule has 2 rings (SSSR count). The summed E-state index contributed by atoms with van der Waals surface area (Å²) in [5.74, 6) is -1.24. The molecule has 1 aromatic rings. The molecule has 1 aromatic heterocycles. The summed E-state index contributed by atoms with van der Waals surface area (Å²) in [4.78, 5) is 28.1. The third kappa shape index (κ3) is 2.31. The third-order valence-electron chi connectivity index (χ3n) is 2.78. The van der Waals surface area contributed by atoms with Crippen LogP contribution in [-0.2, 0) is 9.59 Å². The lowest BCUT2D eigenvalue weighted by molar-refractivity contribution is -0.141. The Labute approximate surface area is 107 Å². The molecule has 1 saturated heterocycles. The van der Waals surface area contributed by atoms with E-state index in [4.69, 9.17) is 5.11 Å². The van der Waals surface area contributed by atoms with Crippen molar-refractivity contribution in [1.82, 2.24) is 4.98 Å². The van der Waals surface area contributed by atoms with Crippen LogP contribution in [0.25, 0.3) is 0 Å². The lowest BCUT2D eigenvalue weighted by atomic mass is 10.1. The number of rotatable bonds is 2. The Morgan fingerprint density at radius 2 is 2.35 bits per heavy atom. The molecule has 0 bridgehead atoms. The zero-order valence-corrected chi connectivity index (χ0v) is 10.8. The van der Waals surface area contributed by atoms with Crippen LogP contribution >= 0.6 is 15.9 Å². The molecule has 0 saturated carbocycles. The number of hydrogen-bond donors (Lipinski definition) is 1. The molecule has 0 aliphatic carbocycles. The Balaban J connectivity index is 2.26. The molecule has 2 heterocycles. The molecule has 1 amide bonds. The van der Waals surface area contributed by atoms with Crippen molar-refractivity contribution in [2.24, 2.45) is 5.92 Å². The molecule has 17 heavy (non-hydrogen) atoms. The first-order valence-electron chi connectivity index (χ1n) is 5.14. The first kappa shape index (κ1) is 12.0. The van der Waals surface area contributed by atoms with E-state index in [-0.39, 0.29) is 18.9 Å². The number of carbonyl (C=O) groups is 2. The SMILES string of the molecule is Cc1cc(N2CC(C(=O)O)CC2=O)ncc1Br. The third-order valence-corrected chi connectivity index (χ3v) is 3.61. The topological polar surface area (TPSA) is 70.5 Å². The fourth-order valence-corrected chi connectivity index (χ4v) is 1.98. The van der Waals surface area contributed by atoms with Crippen LogP contribution in [-0.4, -0.2) is 28.5 Å². The number of carbonyl (C=O) groups excluding carboxylic acids is 1. The lowest BCUT2D eigenvalue weighted by Crippen LogP contribution is -2.26. The molecule has 6 heteroatoms. The molecular weight excluding hydrogens is 288 g/mol. The van der Waals surface area contributed by atoms with E-state index < -0.39 is 11.9 Å². The molecule has 1 unspecified atom stereocenters. The number of carboxylic acid groups (broad SMARTS) is 1. The zero-order chi connectivity index (χ0) is 12.6. The molecule has 1 N–H and O–H groups in total. The molecule has 1 fully saturated rings. The van der Waals surface area contributed by atoms with Gasteiger partial charge in [-0.25, -0.2) is 4.98 Å². The Morgan fingerprint density at radius 3 is 2.88 bits per heavy atom. The van der Waals surface area contributed by atoms with Gasteiger partial charge in [-0.3, -0.25) is 14.5 Å². The molecule has 0 aromatic carbocycles. The maximum absolute atomic E-state index is 11.7. The Bertz CT molecular complexity index is 490. The van der Waals surface area contributed by atoms with Crippen LogP contribution in [0.2, 0.25) is 0 Å². The second kappa shape index (κ2) is 4.44. The Morgan fingerprint density at radius 1 is 1.65 bits per heavy atom. The van der Waals surface area contributed by atoms with Crippen molar-refractivity contribution in [2.45, 2.75) is 13.3 Å². The van der Waals surface area contributed by atoms with E-state index in [1.54, 1.807) is 12.3 Å². The van der Waals surface area contributed by atoms with Crippen molar-refractivity contribution in [2.75, 3.05) is 11.4 Å². The van der Waals surface area contributed by atoms with Gasteiger partial charge in [0.1, 0.15) is 5.82 Å². The largest absolute Gasteiger partial charge is 0.481 e.